The number of nitrogens with one attached hydrogen (secondary N) is 1. The van der Waals surface area contributed by atoms with Crippen molar-refractivity contribution in [3.8, 4) is 5.75 Å². The molecule has 0 saturated carbocycles. The zero-order valence-electron chi connectivity index (χ0n) is 12.1. The van der Waals surface area contributed by atoms with Gasteiger partial charge in [-0.05, 0) is 35.4 Å². The molecule has 110 valence electrons. The maximum absolute atomic E-state index is 11.9. The number of amidine groups is 1. The van der Waals surface area contributed by atoms with Crippen molar-refractivity contribution in [3.05, 3.63) is 65.6 Å². The molecule has 5 nitrogen and oxygen atoms in total. The molecule has 5 heteroatoms. The Morgan fingerprint density at radius 3 is 2.73 bits per heavy atom. The van der Waals surface area contributed by atoms with Crippen LogP contribution in [0.1, 0.15) is 11.1 Å². The second kappa shape index (κ2) is 6.22. The van der Waals surface area contributed by atoms with Crippen molar-refractivity contribution >= 4 is 17.8 Å². The van der Waals surface area contributed by atoms with E-state index in [1.807, 2.05) is 36.4 Å². The first-order valence-electron chi connectivity index (χ1n) is 6.88. The summed E-state index contributed by atoms with van der Waals surface area (Å²) in [5.41, 5.74) is 2.31. The fourth-order valence-corrected chi connectivity index (χ4v) is 2.16. The number of hydrogen-bond donors (Lipinski definition) is 1. The van der Waals surface area contributed by atoms with E-state index in [9.17, 15) is 4.79 Å². The predicted octanol–water partition coefficient (Wildman–Crippen LogP) is 2.20. The monoisotopic (exact) mass is 293 g/mol. The van der Waals surface area contributed by atoms with Crippen LogP contribution in [-0.2, 0) is 11.2 Å². The normalized spacial score (nSPS) is 15.6. The summed E-state index contributed by atoms with van der Waals surface area (Å²) in [5.74, 6) is 1.26. The largest absolute Gasteiger partial charge is 0.497 e. The maximum Gasteiger partial charge on any atom is 0.275 e. The number of benzene rings is 1. The van der Waals surface area contributed by atoms with E-state index in [-0.39, 0.29) is 5.91 Å². The van der Waals surface area contributed by atoms with Crippen LogP contribution in [0, 0.1) is 0 Å². The van der Waals surface area contributed by atoms with Crippen LogP contribution in [0.5, 0.6) is 5.75 Å². The molecule has 2 heterocycles. The number of rotatable bonds is 4. The number of aromatic nitrogens is 1. The van der Waals surface area contributed by atoms with E-state index in [2.05, 4.69) is 15.3 Å². The van der Waals surface area contributed by atoms with Crippen molar-refractivity contribution in [2.45, 2.75) is 6.42 Å². The fourth-order valence-electron chi connectivity index (χ4n) is 2.16. The molecule has 0 radical (unpaired) electrons. The second-order valence-electron chi connectivity index (χ2n) is 4.85. The van der Waals surface area contributed by atoms with Crippen molar-refractivity contribution in [2.75, 3.05) is 7.11 Å². The van der Waals surface area contributed by atoms with Crippen LogP contribution >= 0.6 is 0 Å². The van der Waals surface area contributed by atoms with Crippen molar-refractivity contribution in [1.82, 2.24) is 10.3 Å². The summed E-state index contributed by atoms with van der Waals surface area (Å²) >= 11 is 0. The lowest BCUT2D eigenvalue weighted by molar-refractivity contribution is -0.115. The Labute approximate surface area is 128 Å². The lowest BCUT2D eigenvalue weighted by Crippen LogP contribution is -2.25. The molecule has 22 heavy (non-hydrogen) atoms. The molecule has 0 spiro atoms. The summed E-state index contributed by atoms with van der Waals surface area (Å²) in [6, 6.07) is 11.4. The van der Waals surface area contributed by atoms with Crippen LogP contribution in [0.2, 0.25) is 0 Å². The average Bonchev–Trinajstić information content (AvgIpc) is 2.88. The van der Waals surface area contributed by atoms with E-state index < -0.39 is 0 Å². The van der Waals surface area contributed by atoms with Gasteiger partial charge in [-0.3, -0.25) is 9.78 Å². The number of methoxy groups -OCH3 is 1. The third kappa shape index (κ3) is 3.20. The molecule has 1 N–H and O–H groups in total. The van der Waals surface area contributed by atoms with Gasteiger partial charge in [-0.25, -0.2) is 4.99 Å². The molecule has 3 rings (SSSR count). The number of nitrogens with zero attached hydrogens (tertiary/aromatic N) is 2. The summed E-state index contributed by atoms with van der Waals surface area (Å²) in [6.45, 7) is 0. The minimum atomic E-state index is -0.188. The molecule has 1 aromatic heterocycles. The molecular weight excluding hydrogens is 278 g/mol. The number of pyridine rings is 1. The summed E-state index contributed by atoms with van der Waals surface area (Å²) < 4.78 is 5.12. The molecule has 0 bridgehead atoms. The van der Waals surface area contributed by atoms with E-state index in [1.54, 1.807) is 25.6 Å². The molecule has 0 fully saturated rings. The fraction of sp³-hybridized carbons (Fsp3) is 0.118. The zero-order valence-corrected chi connectivity index (χ0v) is 12.1. The highest BCUT2D eigenvalue weighted by Gasteiger charge is 2.19. The number of ether oxygens (including phenoxy) is 1. The van der Waals surface area contributed by atoms with Gasteiger partial charge in [-0.1, -0.05) is 18.2 Å². The Hall–Kier alpha value is -2.95. The molecule has 1 aromatic carbocycles. The highest BCUT2D eigenvalue weighted by Crippen LogP contribution is 2.15. The Morgan fingerprint density at radius 1 is 1.23 bits per heavy atom. The van der Waals surface area contributed by atoms with Gasteiger partial charge >= 0.3 is 0 Å². The van der Waals surface area contributed by atoms with E-state index in [0.29, 0.717) is 18.0 Å². The van der Waals surface area contributed by atoms with Gasteiger partial charge in [-0.2, -0.15) is 0 Å². The first kappa shape index (κ1) is 14.0. The zero-order chi connectivity index (χ0) is 15.4. The Balaban J connectivity index is 1.76. The number of aliphatic imine (C=N–C) groups is 1. The van der Waals surface area contributed by atoms with Gasteiger partial charge in [0, 0.05) is 18.8 Å². The van der Waals surface area contributed by atoms with Crippen molar-refractivity contribution in [1.29, 1.82) is 0 Å². The highest BCUT2D eigenvalue weighted by atomic mass is 16.5. The van der Waals surface area contributed by atoms with Gasteiger partial charge in [-0.15, -0.1) is 0 Å². The third-order valence-corrected chi connectivity index (χ3v) is 3.26. The van der Waals surface area contributed by atoms with Crippen LogP contribution < -0.4 is 10.1 Å². The minimum absolute atomic E-state index is 0.188. The predicted molar refractivity (Wildman–Crippen MR) is 84.5 cm³/mol. The van der Waals surface area contributed by atoms with Crippen LogP contribution in [0.25, 0.3) is 6.08 Å². The van der Waals surface area contributed by atoms with E-state index in [0.717, 1.165) is 16.9 Å². The maximum atomic E-state index is 11.9. The Kier molecular flexibility index (Phi) is 3.96. The highest BCUT2D eigenvalue weighted by molar-refractivity contribution is 6.14. The van der Waals surface area contributed by atoms with Gasteiger partial charge in [0.2, 0.25) is 0 Å². The molecule has 0 aliphatic carbocycles. The van der Waals surface area contributed by atoms with Gasteiger partial charge in [0.1, 0.15) is 17.3 Å². The quantitative estimate of drug-likeness (QED) is 0.879. The lowest BCUT2D eigenvalue weighted by Gasteiger charge is -2.03. The molecular formula is C17H15N3O2. The van der Waals surface area contributed by atoms with E-state index in [1.165, 1.54) is 0 Å². The molecule has 0 saturated heterocycles. The number of hydrogen-bond acceptors (Lipinski definition) is 4. The van der Waals surface area contributed by atoms with Crippen LogP contribution in [0.4, 0.5) is 0 Å². The molecule has 1 aliphatic rings. The first-order valence-corrected chi connectivity index (χ1v) is 6.88. The number of amides is 1. The average molecular weight is 293 g/mol. The molecule has 1 aliphatic heterocycles. The van der Waals surface area contributed by atoms with Crippen LogP contribution in [-0.4, -0.2) is 23.8 Å². The van der Waals surface area contributed by atoms with Crippen molar-refractivity contribution in [3.63, 3.8) is 0 Å². The second-order valence-corrected chi connectivity index (χ2v) is 4.85. The molecule has 2 aromatic rings. The van der Waals surface area contributed by atoms with E-state index >= 15 is 0 Å². The molecule has 0 unspecified atom stereocenters. The van der Waals surface area contributed by atoms with Gasteiger partial charge in [0.15, 0.2) is 0 Å². The SMILES string of the molecule is COc1ccc(CC2=N/C(=C/c3cccnc3)C(=O)N2)cc1. The van der Waals surface area contributed by atoms with Crippen LogP contribution in [0.3, 0.4) is 0 Å². The standard InChI is InChI=1S/C17H15N3O2/c1-22-14-6-4-12(5-7-14)10-16-19-15(17(21)20-16)9-13-3-2-8-18-11-13/h2-9,11H,10H2,1H3,(H,19,20,21)/b15-9+. The van der Waals surface area contributed by atoms with Crippen molar-refractivity contribution in [2.24, 2.45) is 4.99 Å². The van der Waals surface area contributed by atoms with E-state index in [4.69, 9.17) is 4.74 Å². The van der Waals surface area contributed by atoms with Crippen LogP contribution in [0.15, 0.2) is 59.5 Å². The number of carbonyl (C=O) groups excluding carboxylic acids is 1. The smallest absolute Gasteiger partial charge is 0.275 e. The summed E-state index contributed by atoms with van der Waals surface area (Å²) in [7, 11) is 1.63. The van der Waals surface area contributed by atoms with Gasteiger partial charge in [0.05, 0.1) is 7.11 Å². The number of carbonyl (C=O) groups is 1. The lowest BCUT2D eigenvalue weighted by atomic mass is 10.1. The Bertz CT molecular complexity index is 734. The summed E-state index contributed by atoms with van der Waals surface area (Å²) in [5, 5.41) is 2.79. The van der Waals surface area contributed by atoms with Gasteiger partial charge < -0.3 is 10.1 Å². The van der Waals surface area contributed by atoms with Crippen molar-refractivity contribution < 1.29 is 9.53 Å². The minimum Gasteiger partial charge on any atom is -0.497 e. The first-order chi connectivity index (χ1) is 10.7. The third-order valence-electron chi connectivity index (χ3n) is 3.26. The molecule has 1 amide bonds. The molecule has 0 atom stereocenters. The Morgan fingerprint density at radius 2 is 2.05 bits per heavy atom. The van der Waals surface area contributed by atoms with Gasteiger partial charge in [0.25, 0.3) is 5.91 Å². The topological polar surface area (TPSA) is 63.6 Å². The summed E-state index contributed by atoms with van der Waals surface area (Å²) in [4.78, 5) is 20.3. The summed E-state index contributed by atoms with van der Waals surface area (Å²) in [6.07, 6.45) is 5.68.